The van der Waals surface area contributed by atoms with Crippen molar-refractivity contribution in [2.75, 3.05) is 19.8 Å². The molecule has 0 aliphatic heterocycles. The monoisotopic (exact) mass is 480 g/mol. The van der Waals surface area contributed by atoms with Crippen LogP contribution in [0.4, 0.5) is 0 Å². The van der Waals surface area contributed by atoms with Crippen LogP contribution in [0.15, 0.2) is 0 Å². The van der Waals surface area contributed by atoms with Crippen molar-refractivity contribution >= 4 is 10.1 Å². The molecule has 0 saturated carbocycles. The third kappa shape index (κ3) is 16.4. The zero-order valence-electron chi connectivity index (χ0n) is 21.4. The summed E-state index contributed by atoms with van der Waals surface area (Å²) in [6.45, 7) is 8.67. The molecule has 194 valence electrons. The second kappa shape index (κ2) is 20.2. The highest BCUT2D eigenvalue weighted by molar-refractivity contribution is 7.86. The third-order valence-electron chi connectivity index (χ3n) is 5.87. The molecule has 7 heteroatoms. The van der Waals surface area contributed by atoms with Crippen LogP contribution in [0.5, 0.6) is 0 Å². The standard InChI is InChI=1S/C25H52O6S/c1-5-9-10-11-12-13-14-15-16-17-18-19-20-21-22-24(32(26,27)28)23-25(29-6-2,30-7-3)31-8-4/h24H,5-23H2,1-4H3,(H,26,27,28). The predicted octanol–water partition coefficient (Wildman–Crippen LogP) is 7.27. The highest BCUT2D eigenvalue weighted by Gasteiger charge is 2.40. The number of hydrogen-bond acceptors (Lipinski definition) is 5. The lowest BCUT2D eigenvalue weighted by Gasteiger charge is -2.34. The number of rotatable bonds is 24. The molecule has 0 rings (SSSR count). The minimum atomic E-state index is -4.21. The SMILES string of the molecule is CCCCCCCCCCCCCCCCC(CC(OCC)(OCC)OCC)S(=O)(=O)O. The summed E-state index contributed by atoms with van der Waals surface area (Å²) in [7, 11) is -4.21. The Hall–Kier alpha value is -0.210. The van der Waals surface area contributed by atoms with Crippen molar-refractivity contribution in [2.24, 2.45) is 0 Å². The lowest BCUT2D eigenvalue weighted by molar-refractivity contribution is -0.379. The first kappa shape index (κ1) is 31.8. The van der Waals surface area contributed by atoms with Crippen LogP contribution in [-0.4, -0.2) is 44.0 Å². The zero-order chi connectivity index (χ0) is 24.1. The van der Waals surface area contributed by atoms with Crippen molar-refractivity contribution in [3.63, 3.8) is 0 Å². The Morgan fingerprint density at radius 2 is 0.969 bits per heavy atom. The molecule has 0 amide bonds. The molecule has 0 aromatic heterocycles. The maximum atomic E-state index is 12.0. The number of ether oxygens (including phenoxy) is 3. The topological polar surface area (TPSA) is 82.1 Å². The van der Waals surface area contributed by atoms with Crippen molar-refractivity contribution in [2.45, 2.75) is 142 Å². The molecular formula is C25H52O6S. The summed E-state index contributed by atoms with van der Waals surface area (Å²) >= 11 is 0. The molecule has 1 atom stereocenters. The van der Waals surface area contributed by atoms with Crippen LogP contribution in [0.3, 0.4) is 0 Å². The Bertz CT molecular complexity index is 492. The fourth-order valence-electron chi connectivity index (χ4n) is 4.16. The van der Waals surface area contributed by atoms with Gasteiger partial charge in [-0.3, -0.25) is 4.55 Å². The third-order valence-corrected chi connectivity index (χ3v) is 7.12. The quantitative estimate of drug-likeness (QED) is 0.0888. The van der Waals surface area contributed by atoms with Gasteiger partial charge in [-0.05, 0) is 27.2 Å². The smallest absolute Gasteiger partial charge is 0.284 e. The summed E-state index contributed by atoms with van der Waals surface area (Å²) in [5.41, 5.74) is 0. The minimum Gasteiger partial charge on any atom is -0.328 e. The predicted molar refractivity (Wildman–Crippen MR) is 132 cm³/mol. The molecular weight excluding hydrogens is 428 g/mol. The molecule has 0 aliphatic rings. The van der Waals surface area contributed by atoms with Gasteiger partial charge in [-0.2, -0.15) is 8.42 Å². The molecule has 0 heterocycles. The van der Waals surface area contributed by atoms with E-state index in [-0.39, 0.29) is 6.42 Å². The van der Waals surface area contributed by atoms with Crippen LogP contribution >= 0.6 is 0 Å². The molecule has 6 nitrogen and oxygen atoms in total. The average molecular weight is 481 g/mol. The van der Waals surface area contributed by atoms with Gasteiger partial charge >= 0.3 is 0 Å². The van der Waals surface area contributed by atoms with Crippen LogP contribution in [0.2, 0.25) is 0 Å². The van der Waals surface area contributed by atoms with Crippen molar-refractivity contribution in [3.8, 4) is 0 Å². The van der Waals surface area contributed by atoms with E-state index in [9.17, 15) is 13.0 Å². The second-order valence-electron chi connectivity index (χ2n) is 8.71. The Morgan fingerprint density at radius 3 is 1.28 bits per heavy atom. The Balaban J connectivity index is 4.13. The second-order valence-corrected chi connectivity index (χ2v) is 10.4. The summed E-state index contributed by atoms with van der Waals surface area (Å²) in [4.78, 5) is 0. The van der Waals surface area contributed by atoms with Crippen molar-refractivity contribution < 1.29 is 27.2 Å². The van der Waals surface area contributed by atoms with E-state index in [1.807, 2.05) is 20.8 Å². The largest absolute Gasteiger partial charge is 0.328 e. The van der Waals surface area contributed by atoms with Gasteiger partial charge in [0, 0.05) is 26.2 Å². The van der Waals surface area contributed by atoms with Gasteiger partial charge in [0.25, 0.3) is 16.1 Å². The van der Waals surface area contributed by atoms with Gasteiger partial charge in [-0.1, -0.05) is 96.8 Å². The fourth-order valence-corrected chi connectivity index (χ4v) is 5.04. The van der Waals surface area contributed by atoms with Crippen LogP contribution in [0.1, 0.15) is 130 Å². The first-order valence-corrected chi connectivity index (χ1v) is 14.7. The van der Waals surface area contributed by atoms with E-state index < -0.39 is 21.3 Å². The van der Waals surface area contributed by atoms with Gasteiger partial charge in [-0.25, -0.2) is 0 Å². The molecule has 0 aliphatic carbocycles. The van der Waals surface area contributed by atoms with Crippen molar-refractivity contribution in [1.82, 2.24) is 0 Å². The molecule has 0 bridgehead atoms. The van der Waals surface area contributed by atoms with Gasteiger partial charge in [-0.15, -0.1) is 0 Å². The Kier molecular flexibility index (Phi) is 20.1. The molecule has 1 N–H and O–H groups in total. The lowest BCUT2D eigenvalue weighted by atomic mass is 10.0. The van der Waals surface area contributed by atoms with E-state index in [2.05, 4.69) is 6.92 Å². The van der Waals surface area contributed by atoms with E-state index in [0.717, 1.165) is 19.3 Å². The van der Waals surface area contributed by atoms with Gasteiger partial charge in [0.05, 0.1) is 5.25 Å². The van der Waals surface area contributed by atoms with E-state index in [0.29, 0.717) is 26.2 Å². The van der Waals surface area contributed by atoms with Crippen molar-refractivity contribution in [3.05, 3.63) is 0 Å². The molecule has 0 aromatic rings. The molecule has 0 radical (unpaired) electrons. The van der Waals surface area contributed by atoms with Crippen LogP contribution < -0.4 is 0 Å². The minimum absolute atomic E-state index is 0.0280. The Labute approximate surface area is 198 Å². The maximum absolute atomic E-state index is 12.0. The average Bonchev–Trinajstić information content (AvgIpc) is 2.73. The van der Waals surface area contributed by atoms with Gasteiger partial charge in [0.1, 0.15) is 0 Å². The summed E-state index contributed by atoms with van der Waals surface area (Å²) in [6, 6.07) is 0. The van der Waals surface area contributed by atoms with Gasteiger partial charge < -0.3 is 14.2 Å². The lowest BCUT2D eigenvalue weighted by Crippen LogP contribution is -2.44. The zero-order valence-corrected chi connectivity index (χ0v) is 22.2. The first-order chi connectivity index (χ1) is 15.3. The molecule has 0 spiro atoms. The fraction of sp³-hybridized carbons (Fsp3) is 1.00. The molecule has 32 heavy (non-hydrogen) atoms. The molecule has 1 unspecified atom stereocenters. The normalized spacial score (nSPS) is 13.5. The van der Waals surface area contributed by atoms with Gasteiger partial charge in [0.15, 0.2) is 0 Å². The number of hydrogen-bond donors (Lipinski definition) is 1. The number of unbranched alkanes of at least 4 members (excludes halogenated alkanes) is 13. The van der Waals surface area contributed by atoms with Crippen LogP contribution in [-0.2, 0) is 24.3 Å². The van der Waals surface area contributed by atoms with Gasteiger partial charge in [0.2, 0.25) is 0 Å². The van der Waals surface area contributed by atoms with E-state index >= 15 is 0 Å². The van der Waals surface area contributed by atoms with E-state index in [1.165, 1.54) is 70.6 Å². The summed E-state index contributed by atoms with van der Waals surface area (Å²) < 4.78 is 50.6. The molecule has 0 aromatic carbocycles. The summed E-state index contributed by atoms with van der Waals surface area (Å²) in [5.74, 6) is -1.42. The van der Waals surface area contributed by atoms with Crippen molar-refractivity contribution in [1.29, 1.82) is 0 Å². The highest BCUT2D eigenvalue weighted by Crippen LogP contribution is 2.28. The molecule has 0 fully saturated rings. The van der Waals surface area contributed by atoms with E-state index in [1.54, 1.807) is 0 Å². The summed E-state index contributed by atoms with van der Waals surface area (Å²) in [5, 5.41) is -0.954. The van der Waals surface area contributed by atoms with E-state index in [4.69, 9.17) is 14.2 Å². The maximum Gasteiger partial charge on any atom is 0.284 e. The first-order valence-electron chi connectivity index (χ1n) is 13.2. The van der Waals surface area contributed by atoms with Crippen LogP contribution in [0.25, 0.3) is 0 Å². The summed E-state index contributed by atoms with van der Waals surface area (Å²) in [6.07, 6.45) is 17.8. The highest BCUT2D eigenvalue weighted by atomic mass is 32.2. The molecule has 0 saturated heterocycles. The van der Waals surface area contributed by atoms with Crippen LogP contribution in [0, 0.1) is 0 Å². The Morgan fingerprint density at radius 1 is 0.625 bits per heavy atom.